The van der Waals surface area contributed by atoms with Crippen LogP contribution in [0.15, 0.2) is 60.7 Å². The first-order chi connectivity index (χ1) is 9.92. The lowest BCUT2D eigenvalue weighted by atomic mass is 9.96. The summed E-state index contributed by atoms with van der Waals surface area (Å²) in [5.41, 5.74) is 2.37. The van der Waals surface area contributed by atoms with E-state index in [1.54, 1.807) is 12.1 Å². The van der Waals surface area contributed by atoms with E-state index in [9.17, 15) is 0 Å². The Morgan fingerprint density at radius 3 is 1.29 bits per heavy atom. The Morgan fingerprint density at radius 2 is 0.952 bits per heavy atom. The van der Waals surface area contributed by atoms with Crippen molar-refractivity contribution < 1.29 is 0 Å². The molecule has 0 radical (unpaired) electrons. The van der Waals surface area contributed by atoms with Gasteiger partial charge in [-0.25, -0.2) is 9.44 Å². The highest BCUT2D eigenvalue weighted by atomic mass is 32.2. The van der Waals surface area contributed by atoms with Crippen LogP contribution in [0, 0.1) is 0 Å². The minimum absolute atomic E-state index is 0.0916. The van der Waals surface area contributed by atoms with Gasteiger partial charge in [0.2, 0.25) is 0 Å². The summed E-state index contributed by atoms with van der Waals surface area (Å²) in [7, 11) is 0. The maximum Gasteiger partial charge on any atom is 0.0487 e. The molecule has 2 aromatic carbocycles. The van der Waals surface area contributed by atoms with Crippen LogP contribution < -0.4 is 9.44 Å². The molecule has 2 N–H and O–H groups in total. The summed E-state index contributed by atoms with van der Waals surface area (Å²) >= 11 is 1.56. The van der Waals surface area contributed by atoms with Gasteiger partial charge in [-0.2, -0.15) is 0 Å². The molecule has 0 atom stereocenters. The van der Waals surface area contributed by atoms with Gasteiger partial charge in [0.1, 0.15) is 0 Å². The molecule has 112 valence electrons. The highest BCUT2D eigenvalue weighted by Gasteiger charge is 2.23. The molecule has 0 unspecified atom stereocenters. The monoisotopic (exact) mass is 300 g/mol. The third-order valence-corrected chi connectivity index (χ3v) is 4.83. The largest absolute Gasteiger partial charge is 0.241 e. The number of benzene rings is 2. The lowest BCUT2D eigenvalue weighted by molar-refractivity contribution is 0.482. The van der Waals surface area contributed by atoms with Gasteiger partial charge >= 0.3 is 0 Å². The SMILES string of the molecule is CC(C)(NSNC(C)(C)c1ccccc1)c1ccccc1. The lowest BCUT2D eigenvalue weighted by Gasteiger charge is -2.31. The molecule has 0 aliphatic heterocycles. The van der Waals surface area contributed by atoms with E-state index in [2.05, 4.69) is 85.7 Å². The van der Waals surface area contributed by atoms with E-state index in [0.717, 1.165) is 0 Å². The van der Waals surface area contributed by atoms with Gasteiger partial charge in [-0.3, -0.25) is 0 Å². The smallest absolute Gasteiger partial charge is 0.0487 e. The summed E-state index contributed by atoms with van der Waals surface area (Å²) in [6.45, 7) is 8.75. The van der Waals surface area contributed by atoms with Crippen molar-refractivity contribution in [1.82, 2.24) is 9.44 Å². The Balaban J connectivity index is 1.95. The van der Waals surface area contributed by atoms with Gasteiger partial charge in [-0.05, 0) is 38.8 Å². The fourth-order valence-electron chi connectivity index (χ4n) is 2.11. The third-order valence-electron chi connectivity index (χ3n) is 3.60. The number of hydrogen-bond donors (Lipinski definition) is 2. The second-order valence-corrected chi connectivity index (χ2v) is 6.90. The molecular formula is C18H24N2S. The second-order valence-electron chi connectivity index (χ2n) is 6.29. The van der Waals surface area contributed by atoms with E-state index >= 15 is 0 Å². The normalized spacial score (nSPS) is 12.4. The summed E-state index contributed by atoms with van der Waals surface area (Å²) in [4.78, 5) is 0. The van der Waals surface area contributed by atoms with E-state index in [1.165, 1.54) is 11.1 Å². The van der Waals surface area contributed by atoms with E-state index in [1.807, 2.05) is 12.1 Å². The predicted molar refractivity (Wildman–Crippen MR) is 92.8 cm³/mol. The van der Waals surface area contributed by atoms with E-state index in [4.69, 9.17) is 0 Å². The molecule has 0 spiro atoms. The van der Waals surface area contributed by atoms with Crippen molar-refractivity contribution in [1.29, 1.82) is 0 Å². The van der Waals surface area contributed by atoms with Crippen molar-refractivity contribution in [3.8, 4) is 0 Å². The molecule has 0 aliphatic rings. The molecule has 2 nitrogen and oxygen atoms in total. The molecule has 3 heteroatoms. The fourth-order valence-corrected chi connectivity index (χ4v) is 2.91. The van der Waals surface area contributed by atoms with Crippen LogP contribution in [0.2, 0.25) is 0 Å². The molecule has 0 fully saturated rings. The molecule has 0 bridgehead atoms. The van der Waals surface area contributed by atoms with Gasteiger partial charge in [0.05, 0.1) is 0 Å². The summed E-state index contributed by atoms with van der Waals surface area (Å²) in [5, 5.41) is 0. The average molecular weight is 300 g/mol. The van der Waals surface area contributed by atoms with Crippen molar-refractivity contribution in [2.24, 2.45) is 0 Å². The van der Waals surface area contributed by atoms with Crippen LogP contribution in [0.25, 0.3) is 0 Å². The van der Waals surface area contributed by atoms with Crippen molar-refractivity contribution in [3.63, 3.8) is 0 Å². The van der Waals surface area contributed by atoms with Gasteiger partial charge in [-0.1, -0.05) is 60.7 Å². The molecule has 0 aliphatic carbocycles. The zero-order chi connectivity index (χ0) is 15.3. The Hall–Kier alpha value is -1.29. The summed E-state index contributed by atoms with van der Waals surface area (Å²) in [6.07, 6.45) is 0. The number of hydrogen-bond acceptors (Lipinski definition) is 3. The number of rotatable bonds is 6. The first kappa shape index (κ1) is 16.1. The van der Waals surface area contributed by atoms with Crippen molar-refractivity contribution in [3.05, 3.63) is 71.8 Å². The summed E-state index contributed by atoms with van der Waals surface area (Å²) in [5.74, 6) is 0. The van der Waals surface area contributed by atoms with E-state index in [-0.39, 0.29) is 11.1 Å². The molecule has 2 rings (SSSR count). The van der Waals surface area contributed by atoms with Crippen LogP contribution in [0.4, 0.5) is 0 Å². The van der Waals surface area contributed by atoms with Crippen molar-refractivity contribution >= 4 is 12.1 Å². The van der Waals surface area contributed by atoms with Gasteiger partial charge in [0.25, 0.3) is 0 Å². The minimum atomic E-state index is -0.0916. The van der Waals surface area contributed by atoms with Gasteiger partial charge in [0, 0.05) is 23.2 Å². The fraction of sp³-hybridized carbons (Fsp3) is 0.333. The second kappa shape index (κ2) is 6.65. The highest BCUT2D eigenvalue weighted by molar-refractivity contribution is 7.95. The van der Waals surface area contributed by atoms with Gasteiger partial charge < -0.3 is 0 Å². The molecule has 0 saturated heterocycles. The summed E-state index contributed by atoms with van der Waals surface area (Å²) < 4.78 is 7.01. The maximum atomic E-state index is 3.51. The Kier molecular flexibility index (Phi) is 5.09. The lowest BCUT2D eigenvalue weighted by Crippen LogP contribution is -2.39. The van der Waals surface area contributed by atoms with Crippen molar-refractivity contribution in [2.45, 2.75) is 38.8 Å². The standard InChI is InChI=1S/C18H24N2S/c1-17(2,15-11-7-5-8-12-15)19-21-20-18(3,4)16-13-9-6-10-14-16/h5-14,19-20H,1-4H3. The first-order valence-electron chi connectivity index (χ1n) is 7.23. The van der Waals surface area contributed by atoms with Crippen LogP contribution in [0.5, 0.6) is 0 Å². The number of nitrogens with one attached hydrogen (secondary N) is 2. The molecule has 0 amide bonds. The molecular weight excluding hydrogens is 276 g/mol. The first-order valence-corrected chi connectivity index (χ1v) is 8.05. The van der Waals surface area contributed by atoms with Crippen LogP contribution in [-0.2, 0) is 11.1 Å². The minimum Gasteiger partial charge on any atom is -0.241 e. The van der Waals surface area contributed by atoms with Crippen LogP contribution >= 0.6 is 12.1 Å². The third kappa shape index (κ3) is 4.34. The Bertz CT molecular complexity index is 498. The highest BCUT2D eigenvalue weighted by Crippen LogP contribution is 2.25. The molecule has 2 aromatic rings. The van der Waals surface area contributed by atoms with Crippen LogP contribution in [-0.4, -0.2) is 0 Å². The summed E-state index contributed by atoms with van der Waals surface area (Å²) in [6, 6.07) is 21.0. The Morgan fingerprint density at radius 1 is 0.619 bits per heavy atom. The van der Waals surface area contributed by atoms with Gasteiger partial charge in [0.15, 0.2) is 0 Å². The maximum absolute atomic E-state index is 3.51. The van der Waals surface area contributed by atoms with Crippen LogP contribution in [0.1, 0.15) is 38.8 Å². The predicted octanol–water partition coefficient (Wildman–Crippen LogP) is 4.60. The quantitative estimate of drug-likeness (QED) is 0.762. The van der Waals surface area contributed by atoms with Gasteiger partial charge in [-0.15, -0.1) is 0 Å². The van der Waals surface area contributed by atoms with E-state index in [0.29, 0.717) is 0 Å². The molecule has 0 aromatic heterocycles. The van der Waals surface area contributed by atoms with Crippen LogP contribution in [0.3, 0.4) is 0 Å². The average Bonchev–Trinajstić information content (AvgIpc) is 2.49. The zero-order valence-corrected chi connectivity index (χ0v) is 14.0. The van der Waals surface area contributed by atoms with Crippen molar-refractivity contribution in [2.75, 3.05) is 0 Å². The zero-order valence-electron chi connectivity index (χ0n) is 13.2. The molecule has 0 saturated carbocycles. The molecule has 21 heavy (non-hydrogen) atoms. The topological polar surface area (TPSA) is 24.1 Å². The Labute approximate surface area is 132 Å². The van der Waals surface area contributed by atoms with E-state index < -0.39 is 0 Å². The molecule has 0 heterocycles.